The molecule has 0 spiro atoms. The zero-order valence-corrected chi connectivity index (χ0v) is 27.4. The van der Waals surface area contributed by atoms with Gasteiger partial charge in [-0.05, 0) is 49.8 Å². The lowest BCUT2D eigenvalue weighted by molar-refractivity contribution is -0.870. The van der Waals surface area contributed by atoms with Crippen LogP contribution in [0.1, 0.15) is 71.8 Å². The van der Waals surface area contributed by atoms with Crippen molar-refractivity contribution in [2.24, 2.45) is 11.3 Å². The number of likely N-dealkylation sites (tertiary alicyclic amines) is 1. The molecule has 1 fully saturated rings. The van der Waals surface area contributed by atoms with Gasteiger partial charge in [-0.25, -0.2) is 0 Å². The number of benzene rings is 1. The smallest absolute Gasteiger partial charge is 0.308 e. The second-order valence-corrected chi connectivity index (χ2v) is 13.9. The Balaban J connectivity index is 1.96. The number of carbonyl (C=O) groups is 2. The fourth-order valence-corrected chi connectivity index (χ4v) is 6.55. The number of allylic oxidation sites excluding steroid dienone is 2. The Labute approximate surface area is 253 Å². The van der Waals surface area contributed by atoms with Crippen molar-refractivity contribution in [3.63, 3.8) is 0 Å². The number of hydrogen-bond donors (Lipinski definition) is 1. The molecule has 1 saturated heterocycles. The van der Waals surface area contributed by atoms with Gasteiger partial charge in [0.15, 0.2) is 11.5 Å². The number of carboxylic acids is 1. The van der Waals surface area contributed by atoms with Gasteiger partial charge in [-0.3, -0.25) is 14.5 Å². The first-order valence-corrected chi connectivity index (χ1v) is 15.3. The van der Waals surface area contributed by atoms with Crippen molar-refractivity contribution >= 4 is 11.9 Å². The summed E-state index contributed by atoms with van der Waals surface area (Å²) >= 11 is 0. The molecular weight excluding hydrogens is 534 g/mol. The number of unbranched alkanes of at least 4 members (excludes halogenated alkanes) is 1. The second kappa shape index (κ2) is 14.1. The fourth-order valence-electron chi connectivity index (χ4n) is 6.55. The molecule has 0 bridgehead atoms. The van der Waals surface area contributed by atoms with Gasteiger partial charge in [0.05, 0.1) is 47.3 Å². The number of rotatable bonds is 15. The highest BCUT2D eigenvalue weighted by molar-refractivity contribution is 5.79. The molecule has 0 saturated carbocycles. The number of methoxy groups -OCH3 is 1. The molecule has 3 atom stereocenters. The maximum Gasteiger partial charge on any atom is 0.308 e. The van der Waals surface area contributed by atoms with E-state index in [0.29, 0.717) is 36.8 Å². The van der Waals surface area contributed by atoms with Crippen LogP contribution in [-0.4, -0.2) is 105 Å². The highest BCUT2D eigenvalue weighted by Crippen LogP contribution is 2.48. The summed E-state index contributed by atoms with van der Waals surface area (Å²) in [6, 6.07) is 3.43. The van der Waals surface area contributed by atoms with Crippen LogP contribution in [-0.2, 0) is 9.59 Å². The third kappa shape index (κ3) is 8.86. The number of carbonyl (C=O) groups excluding carboxylic acids is 1. The van der Waals surface area contributed by atoms with E-state index in [0.717, 1.165) is 42.4 Å². The fraction of sp³-hybridized carbons (Fsp3) is 0.697. The summed E-state index contributed by atoms with van der Waals surface area (Å²) in [7, 11) is 8.07. The zero-order valence-electron chi connectivity index (χ0n) is 27.4. The predicted molar refractivity (Wildman–Crippen MR) is 165 cm³/mol. The number of fused-ring (bicyclic) bond motifs is 1. The van der Waals surface area contributed by atoms with Crippen molar-refractivity contribution in [1.82, 2.24) is 9.80 Å². The highest BCUT2D eigenvalue weighted by atomic mass is 16.7. The van der Waals surface area contributed by atoms with E-state index < -0.39 is 11.9 Å². The van der Waals surface area contributed by atoms with E-state index in [9.17, 15) is 14.7 Å². The monoisotopic (exact) mass is 588 g/mol. The molecule has 0 aliphatic carbocycles. The summed E-state index contributed by atoms with van der Waals surface area (Å²) in [4.78, 5) is 31.0. The van der Waals surface area contributed by atoms with Crippen LogP contribution in [0.5, 0.6) is 17.2 Å². The molecule has 236 valence electrons. The molecule has 1 N–H and O–H groups in total. The number of ether oxygens (including phenoxy) is 3. The number of carboxylic acid groups (broad SMARTS) is 1. The Morgan fingerprint density at radius 3 is 2.45 bits per heavy atom. The third-order valence-corrected chi connectivity index (χ3v) is 8.29. The van der Waals surface area contributed by atoms with Crippen LogP contribution in [0.2, 0.25) is 0 Å². The average molecular weight is 589 g/mol. The van der Waals surface area contributed by atoms with Crippen LogP contribution < -0.4 is 14.2 Å². The van der Waals surface area contributed by atoms with E-state index in [1.807, 2.05) is 17.0 Å². The molecule has 1 aromatic rings. The number of hydrogen-bond acceptors (Lipinski definition) is 6. The summed E-state index contributed by atoms with van der Waals surface area (Å²) in [5.74, 6) is -0.183. The van der Waals surface area contributed by atoms with Crippen molar-refractivity contribution in [2.75, 3.05) is 67.8 Å². The van der Waals surface area contributed by atoms with Gasteiger partial charge < -0.3 is 28.7 Å². The molecule has 42 heavy (non-hydrogen) atoms. The zero-order chi connectivity index (χ0) is 31.2. The number of amides is 1. The SMILES string of the molecule is CCCCN(CCC[N+](C)(C)C)C(=O)CN1C[C@H](c2cc(OC)c3c(c2)OCO3)C(C(=O)O)[C@@H]1CC(C)(C)C=C(C)C. The highest BCUT2D eigenvalue weighted by Gasteiger charge is 2.49. The van der Waals surface area contributed by atoms with Gasteiger partial charge in [-0.1, -0.05) is 38.8 Å². The molecule has 2 heterocycles. The minimum Gasteiger partial charge on any atom is -0.493 e. The number of aliphatic carboxylic acids is 1. The van der Waals surface area contributed by atoms with Gasteiger partial charge >= 0.3 is 5.97 Å². The van der Waals surface area contributed by atoms with E-state index in [-0.39, 0.29) is 36.6 Å². The van der Waals surface area contributed by atoms with E-state index in [2.05, 4.69) is 66.7 Å². The number of nitrogens with zero attached hydrogens (tertiary/aromatic N) is 3. The molecule has 2 aliphatic heterocycles. The lowest BCUT2D eigenvalue weighted by Crippen LogP contribution is -2.46. The van der Waals surface area contributed by atoms with Crippen LogP contribution in [0, 0.1) is 11.3 Å². The van der Waals surface area contributed by atoms with Crippen molar-refractivity contribution in [3.8, 4) is 17.2 Å². The molecule has 2 aliphatic rings. The van der Waals surface area contributed by atoms with Crippen molar-refractivity contribution < 1.29 is 33.4 Å². The molecule has 9 nitrogen and oxygen atoms in total. The molecule has 1 amide bonds. The first-order chi connectivity index (χ1) is 19.7. The largest absolute Gasteiger partial charge is 0.493 e. The van der Waals surface area contributed by atoms with Gasteiger partial charge in [0.1, 0.15) is 0 Å². The lowest BCUT2D eigenvalue weighted by atomic mass is 9.77. The molecule has 0 radical (unpaired) electrons. The predicted octanol–water partition coefficient (Wildman–Crippen LogP) is 5.00. The maximum atomic E-state index is 13.9. The number of quaternary nitrogens is 1. The Hall–Kier alpha value is -2.78. The minimum atomic E-state index is -0.852. The standard InChI is InChI=1S/C33H53N3O6/c1-10-11-13-34(14-12-15-36(6,7)8)29(37)21-35-20-25(24-16-27(40-9)31-28(17-24)41-22-42-31)30(32(38)39)26(35)19-33(4,5)18-23(2)3/h16-18,25-26,30H,10-15,19-22H2,1-9H3/p+1/t25-,26+,30?/m1/s1. The van der Waals surface area contributed by atoms with Crippen LogP contribution in [0.15, 0.2) is 23.8 Å². The van der Waals surface area contributed by atoms with Gasteiger partial charge in [-0.2, -0.15) is 0 Å². The second-order valence-electron chi connectivity index (χ2n) is 13.9. The Morgan fingerprint density at radius 2 is 1.86 bits per heavy atom. The first kappa shape index (κ1) is 33.7. The molecule has 9 heteroatoms. The van der Waals surface area contributed by atoms with Gasteiger partial charge in [0.25, 0.3) is 0 Å². The average Bonchev–Trinajstić information content (AvgIpc) is 3.48. The molecule has 1 aromatic carbocycles. The molecular formula is C33H54N3O6+. The van der Waals surface area contributed by atoms with E-state index in [4.69, 9.17) is 14.2 Å². The molecule has 1 unspecified atom stereocenters. The van der Waals surface area contributed by atoms with Gasteiger partial charge in [0.2, 0.25) is 18.4 Å². The van der Waals surface area contributed by atoms with Crippen molar-refractivity contribution in [2.45, 2.75) is 72.3 Å². The normalized spacial score (nSPS) is 20.5. The first-order valence-electron chi connectivity index (χ1n) is 15.3. The van der Waals surface area contributed by atoms with Crippen LogP contribution in [0.3, 0.4) is 0 Å². The molecule has 3 rings (SSSR count). The third-order valence-electron chi connectivity index (χ3n) is 8.29. The van der Waals surface area contributed by atoms with Crippen molar-refractivity contribution in [1.29, 1.82) is 0 Å². The topological polar surface area (TPSA) is 88.5 Å². The Morgan fingerprint density at radius 1 is 1.17 bits per heavy atom. The minimum absolute atomic E-state index is 0.0722. The summed E-state index contributed by atoms with van der Waals surface area (Å²) < 4.78 is 17.7. The van der Waals surface area contributed by atoms with E-state index in [1.54, 1.807) is 7.11 Å². The Kier molecular flexibility index (Phi) is 11.3. The van der Waals surface area contributed by atoms with Crippen molar-refractivity contribution in [3.05, 3.63) is 29.3 Å². The summed E-state index contributed by atoms with van der Waals surface area (Å²) in [5, 5.41) is 10.7. The summed E-state index contributed by atoms with van der Waals surface area (Å²) in [6.07, 6.45) is 5.72. The van der Waals surface area contributed by atoms with E-state index in [1.165, 1.54) is 5.57 Å². The van der Waals surface area contributed by atoms with Gasteiger partial charge in [0, 0.05) is 38.0 Å². The lowest BCUT2D eigenvalue weighted by Gasteiger charge is -2.34. The van der Waals surface area contributed by atoms with Crippen LogP contribution >= 0.6 is 0 Å². The summed E-state index contributed by atoms with van der Waals surface area (Å²) in [5.41, 5.74) is 1.77. The van der Waals surface area contributed by atoms with Crippen LogP contribution in [0.25, 0.3) is 0 Å². The quantitative estimate of drug-likeness (QED) is 0.228. The summed E-state index contributed by atoms with van der Waals surface area (Å²) in [6.45, 7) is 13.7. The molecule has 0 aromatic heterocycles. The Bertz CT molecular complexity index is 1120. The maximum absolute atomic E-state index is 13.9. The van der Waals surface area contributed by atoms with Gasteiger partial charge in [-0.15, -0.1) is 0 Å². The van der Waals surface area contributed by atoms with E-state index >= 15 is 0 Å². The van der Waals surface area contributed by atoms with Crippen LogP contribution in [0.4, 0.5) is 0 Å².